The van der Waals surface area contributed by atoms with E-state index in [0.717, 1.165) is 49.7 Å². The van der Waals surface area contributed by atoms with Crippen molar-refractivity contribution in [1.29, 1.82) is 0 Å². The molecule has 7 heteroatoms. The van der Waals surface area contributed by atoms with Crippen LogP contribution in [0.5, 0.6) is 0 Å². The summed E-state index contributed by atoms with van der Waals surface area (Å²) in [7, 11) is 2.08. The number of piperidine rings is 1. The molecule has 0 spiro atoms. The number of carbonyl (C=O) groups excluding carboxylic acids is 1. The Labute approximate surface area is 176 Å². The minimum absolute atomic E-state index is 0.119. The van der Waals surface area contributed by atoms with Crippen LogP contribution in [0.1, 0.15) is 36.2 Å². The molecule has 0 bridgehead atoms. The maximum Gasteiger partial charge on any atom is 0.272 e. The molecule has 2 fully saturated rings. The first kappa shape index (κ1) is 19.1. The van der Waals surface area contributed by atoms with Crippen LogP contribution in [0.15, 0.2) is 42.5 Å². The second-order valence-corrected chi connectivity index (χ2v) is 8.43. The SMILES string of the molecule is CN1CC[C@H](NC(=O)c2cc3nc(-c4ccccc4)cc(N4CCCCC4)n3n2)C1. The van der Waals surface area contributed by atoms with E-state index in [0.29, 0.717) is 11.3 Å². The normalized spacial score (nSPS) is 20.0. The van der Waals surface area contributed by atoms with E-state index in [9.17, 15) is 4.79 Å². The number of amides is 1. The summed E-state index contributed by atoms with van der Waals surface area (Å²) in [5.74, 6) is 0.893. The monoisotopic (exact) mass is 404 g/mol. The van der Waals surface area contributed by atoms with E-state index >= 15 is 0 Å². The summed E-state index contributed by atoms with van der Waals surface area (Å²) in [6.45, 7) is 3.90. The van der Waals surface area contributed by atoms with Gasteiger partial charge >= 0.3 is 0 Å². The van der Waals surface area contributed by atoms with Gasteiger partial charge in [-0.2, -0.15) is 9.61 Å². The number of anilines is 1. The molecule has 2 saturated heterocycles. The predicted octanol–water partition coefficient (Wildman–Crippen LogP) is 2.82. The van der Waals surface area contributed by atoms with Gasteiger partial charge in [0.2, 0.25) is 0 Å². The van der Waals surface area contributed by atoms with E-state index in [2.05, 4.69) is 45.5 Å². The Morgan fingerprint density at radius 2 is 1.87 bits per heavy atom. The number of carbonyl (C=O) groups is 1. The highest BCUT2D eigenvalue weighted by molar-refractivity contribution is 5.93. The number of hydrogen-bond acceptors (Lipinski definition) is 5. The van der Waals surface area contributed by atoms with Gasteiger partial charge in [0.25, 0.3) is 5.91 Å². The Morgan fingerprint density at radius 3 is 2.60 bits per heavy atom. The first-order valence-corrected chi connectivity index (χ1v) is 10.9. The van der Waals surface area contributed by atoms with Gasteiger partial charge in [-0.05, 0) is 39.3 Å². The van der Waals surface area contributed by atoms with Gasteiger partial charge in [0.15, 0.2) is 11.3 Å². The fourth-order valence-corrected chi connectivity index (χ4v) is 4.49. The largest absolute Gasteiger partial charge is 0.356 e. The molecule has 0 saturated carbocycles. The molecule has 3 aromatic rings. The lowest BCUT2D eigenvalue weighted by atomic mass is 10.1. The lowest BCUT2D eigenvalue weighted by Crippen LogP contribution is -2.36. The molecule has 1 N–H and O–H groups in total. The molecule has 0 radical (unpaired) electrons. The van der Waals surface area contributed by atoms with E-state index < -0.39 is 0 Å². The van der Waals surface area contributed by atoms with E-state index in [1.54, 1.807) is 0 Å². The number of likely N-dealkylation sites (N-methyl/N-ethyl adjacent to an activating group) is 1. The Balaban J connectivity index is 1.52. The van der Waals surface area contributed by atoms with Crippen molar-refractivity contribution in [3.05, 3.63) is 48.2 Å². The molecule has 1 aromatic carbocycles. The van der Waals surface area contributed by atoms with Gasteiger partial charge < -0.3 is 15.1 Å². The molecule has 7 nitrogen and oxygen atoms in total. The third-order valence-electron chi connectivity index (χ3n) is 6.12. The second-order valence-electron chi connectivity index (χ2n) is 8.43. The molecule has 1 amide bonds. The Hall–Kier alpha value is -2.93. The van der Waals surface area contributed by atoms with Gasteiger partial charge in [0, 0.05) is 43.4 Å². The molecule has 1 atom stereocenters. The minimum atomic E-state index is -0.119. The average Bonchev–Trinajstić information content (AvgIpc) is 3.40. The fourth-order valence-electron chi connectivity index (χ4n) is 4.49. The Morgan fingerprint density at radius 1 is 1.07 bits per heavy atom. The molecule has 5 rings (SSSR count). The number of aromatic nitrogens is 3. The molecule has 156 valence electrons. The number of nitrogens with one attached hydrogen (secondary N) is 1. The van der Waals surface area contributed by atoms with Crippen molar-refractivity contribution in [2.24, 2.45) is 0 Å². The van der Waals surface area contributed by atoms with Gasteiger partial charge in [-0.15, -0.1) is 0 Å². The lowest BCUT2D eigenvalue weighted by Gasteiger charge is -2.29. The van der Waals surface area contributed by atoms with E-state index in [1.807, 2.05) is 28.8 Å². The highest BCUT2D eigenvalue weighted by Crippen LogP contribution is 2.27. The molecular formula is C23H28N6O. The van der Waals surface area contributed by atoms with Crippen molar-refractivity contribution in [2.45, 2.75) is 31.7 Å². The number of fused-ring (bicyclic) bond motifs is 1. The summed E-state index contributed by atoms with van der Waals surface area (Å²) in [6.07, 6.45) is 4.59. The van der Waals surface area contributed by atoms with Crippen molar-refractivity contribution < 1.29 is 4.79 Å². The van der Waals surface area contributed by atoms with Gasteiger partial charge in [0.1, 0.15) is 5.82 Å². The van der Waals surface area contributed by atoms with Gasteiger partial charge in [0.05, 0.1) is 5.69 Å². The van der Waals surface area contributed by atoms with Crippen LogP contribution in [-0.4, -0.2) is 64.7 Å². The molecule has 2 aromatic heterocycles. The van der Waals surface area contributed by atoms with Crippen LogP contribution < -0.4 is 10.2 Å². The zero-order valence-corrected chi connectivity index (χ0v) is 17.4. The van der Waals surface area contributed by atoms with Crippen LogP contribution in [0.4, 0.5) is 5.82 Å². The predicted molar refractivity (Wildman–Crippen MR) is 118 cm³/mol. The number of hydrogen-bond donors (Lipinski definition) is 1. The average molecular weight is 405 g/mol. The summed E-state index contributed by atoms with van der Waals surface area (Å²) >= 11 is 0. The van der Waals surface area contributed by atoms with Crippen molar-refractivity contribution in [3.8, 4) is 11.3 Å². The molecule has 2 aliphatic heterocycles. The number of nitrogens with zero attached hydrogens (tertiary/aromatic N) is 5. The number of likely N-dealkylation sites (tertiary alicyclic amines) is 1. The van der Waals surface area contributed by atoms with Crippen LogP contribution in [0.2, 0.25) is 0 Å². The summed E-state index contributed by atoms with van der Waals surface area (Å²) in [5, 5.41) is 7.80. The molecule has 0 aliphatic carbocycles. The minimum Gasteiger partial charge on any atom is -0.356 e. The highest BCUT2D eigenvalue weighted by atomic mass is 16.2. The summed E-state index contributed by atoms with van der Waals surface area (Å²) in [6, 6.07) is 14.3. The summed E-state index contributed by atoms with van der Waals surface area (Å²) in [5.41, 5.74) is 3.12. The topological polar surface area (TPSA) is 65.8 Å². The van der Waals surface area contributed by atoms with Crippen LogP contribution >= 0.6 is 0 Å². The van der Waals surface area contributed by atoms with E-state index in [-0.39, 0.29) is 11.9 Å². The first-order valence-electron chi connectivity index (χ1n) is 10.9. The molecule has 30 heavy (non-hydrogen) atoms. The van der Waals surface area contributed by atoms with Gasteiger partial charge in [-0.1, -0.05) is 30.3 Å². The first-order chi connectivity index (χ1) is 14.7. The maximum atomic E-state index is 12.9. The van der Waals surface area contributed by atoms with Crippen molar-refractivity contribution in [1.82, 2.24) is 24.8 Å². The standard InChI is InChI=1S/C23H28N6O/c1-27-13-10-18(16-27)24-23(30)20-14-21-25-19(17-8-4-2-5-9-17)15-22(29(21)26-20)28-11-6-3-7-12-28/h2,4-5,8-9,14-15,18H,3,6-7,10-13,16H2,1H3,(H,24,30)/t18-/m0/s1. The van der Waals surface area contributed by atoms with Gasteiger partial charge in [-0.25, -0.2) is 4.98 Å². The van der Waals surface area contributed by atoms with E-state index in [1.165, 1.54) is 19.3 Å². The molecule has 2 aliphatic rings. The zero-order valence-electron chi connectivity index (χ0n) is 17.4. The third-order valence-corrected chi connectivity index (χ3v) is 6.12. The molecule has 4 heterocycles. The zero-order chi connectivity index (χ0) is 20.5. The second kappa shape index (κ2) is 8.07. The lowest BCUT2D eigenvalue weighted by molar-refractivity contribution is 0.0933. The maximum absolute atomic E-state index is 12.9. The fraction of sp³-hybridized carbons (Fsp3) is 0.435. The van der Waals surface area contributed by atoms with Crippen molar-refractivity contribution in [2.75, 3.05) is 38.1 Å². The van der Waals surface area contributed by atoms with Crippen LogP contribution in [0, 0.1) is 0 Å². The van der Waals surface area contributed by atoms with Crippen molar-refractivity contribution in [3.63, 3.8) is 0 Å². The Bertz CT molecular complexity index is 1040. The van der Waals surface area contributed by atoms with Crippen molar-refractivity contribution >= 4 is 17.4 Å². The van der Waals surface area contributed by atoms with Crippen LogP contribution in [0.3, 0.4) is 0 Å². The third kappa shape index (κ3) is 3.77. The van der Waals surface area contributed by atoms with E-state index in [4.69, 9.17) is 4.98 Å². The summed E-state index contributed by atoms with van der Waals surface area (Å²) in [4.78, 5) is 22.3. The molecule has 0 unspecified atom stereocenters. The highest BCUT2D eigenvalue weighted by Gasteiger charge is 2.24. The van der Waals surface area contributed by atoms with Gasteiger partial charge in [-0.3, -0.25) is 4.79 Å². The quantitative estimate of drug-likeness (QED) is 0.724. The summed E-state index contributed by atoms with van der Waals surface area (Å²) < 4.78 is 1.84. The number of rotatable bonds is 4. The Kier molecular flexibility index (Phi) is 5.12. The number of benzene rings is 1. The smallest absolute Gasteiger partial charge is 0.272 e. The van der Waals surface area contributed by atoms with Crippen LogP contribution in [-0.2, 0) is 0 Å². The van der Waals surface area contributed by atoms with Crippen LogP contribution in [0.25, 0.3) is 16.9 Å². The molecular weight excluding hydrogens is 376 g/mol.